The fourth-order valence-electron chi connectivity index (χ4n) is 4.96. The third-order valence-corrected chi connectivity index (χ3v) is 7.07. The van der Waals surface area contributed by atoms with Crippen molar-refractivity contribution in [3.05, 3.63) is 90.0 Å². The Bertz CT molecular complexity index is 1400. The number of aromatic nitrogens is 1. The number of pyridine rings is 1. The van der Waals surface area contributed by atoms with Gasteiger partial charge in [0.25, 0.3) is 5.91 Å². The molecule has 37 heavy (non-hydrogen) atoms. The molecule has 0 N–H and O–H groups in total. The second kappa shape index (κ2) is 10.3. The highest BCUT2D eigenvalue weighted by atomic mass is 16.5. The van der Waals surface area contributed by atoms with E-state index in [1.807, 2.05) is 60.4 Å². The molecule has 1 amide bonds. The molecule has 190 valence electrons. The van der Waals surface area contributed by atoms with E-state index >= 15 is 0 Å². The third kappa shape index (κ3) is 5.17. The van der Waals surface area contributed by atoms with E-state index in [0.29, 0.717) is 25.3 Å². The summed E-state index contributed by atoms with van der Waals surface area (Å²) in [5.41, 5.74) is 5.85. The van der Waals surface area contributed by atoms with E-state index in [2.05, 4.69) is 56.0 Å². The number of fused-ring (bicyclic) bond motifs is 1. The number of carbonyl (C=O) groups excluding carboxylic acids is 1. The van der Waals surface area contributed by atoms with Crippen molar-refractivity contribution in [2.75, 3.05) is 37.7 Å². The van der Waals surface area contributed by atoms with E-state index in [-0.39, 0.29) is 11.3 Å². The molecule has 0 bridgehead atoms. The largest absolute Gasteiger partial charge is 0.492 e. The van der Waals surface area contributed by atoms with E-state index in [0.717, 1.165) is 46.7 Å². The minimum atomic E-state index is 0.0592. The lowest BCUT2D eigenvalue weighted by atomic mass is 9.86. The number of benzene rings is 3. The molecular formula is C32H35N3O2. The fourth-order valence-corrected chi connectivity index (χ4v) is 4.96. The zero-order valence-electron chi connectivity index (χ0n) is 22.2. The highest BCUT2D eigenvalue weighted by Gasteiger charge is 2.26. The van der Waals surface area contributed by atoms with Crippen LogP contribution in [0.1, 0.15) is 43.6 Å². The number of piperazine rings is 1. The number of hydrogen-bond acceptors (Lipinski definition) is 4. The average molecular weight is 494 g/mol. The number of ether oxygens (including phenoxy) is 1. The number of para-hydroxylation sites is 3. The molecule has 2 heterocycles. The van der Waals surface area contributed by atoms with E-state index in [1.54, 1.807) is 0 Å². The number of amides is 1. The maximum Gasteiger partial charge on any atom is 0.254 e. The molecule has 5 nitrogen and oxygen atoms in total. The van der Waals surface area contributed by atoms with Crippen LogP contribution in [0.2, 0.25) is 0 Å². The molecule has 0 atom stereocenters. The first kappa shape index (κ1) is 24.8. The predicted molar refractivity (Wildman–Crippen MR) is 152 cm³/mol. The van der Waals surface area contributed by atoms with Crippen molar-refractivity contribution in [1.82, 2.24) is 9.88 Å². The molecule has 3 aromatic carbocycles. The van der Waals surface area contributed by atoms with Crippen molar-refractivity contribution in [2.24, 2.45) is 0 Å². The van der Waals surface area contributed by atoms with Crippen LogP contribution < -0.4 is 9.64 Å². The molecular weight excluding hydrogens is 458 g/mol. The van der Waals surface area contributed by atoms with Crippen molar-refractivity contribution >= 4 is 22.5 Å². The molecule has 0 spiro atoms. The highest BCUT2D eigenvalue weighted by molar-refractivity contribution is 6.07. The summed E-state index contributed by atoms with van der Waals surface area (Å²) in [7, 11) is 0. The minimum Gasteiger partial charge on any atom is -0.492 e. The van der Waals surface area contributed by atoms with Crippen LogP contribution in [-0.2, 0) is 5.41 Å². The Labute approximate surface area is 219 Å². The summed E-state index contributed by atoms with van der Waals surface area (Å²) in [5.74, 6) is 0.955. The Balaban J connectivity index is 1.41. The van der Waals surface area contributed by atoms with Crippen LogP contribution in [0.25, 0.3) is 22.2 Å². The molecule has 4 aromatic rings. The second-order valence-electron chi connectivity index (χ2n) is 10.6. The summed E-state index contributed by atoms with van der Waals surface area (Å²) in [6.45, 7) is 12.1. The topological polar surface area (TPSA) is 45.7 Å². The SMILES string of the molecule is CCOc1ccccc1N1CCN(C(=O)c2cc(-c3ccc(C(C)(C)C)cc3)nc3ccccc23)CC1. The first-order chi connectivity index (χ1) is 17.8. The fraction of sp³-hybridized carbons (Fsp3) is 0.312. The van der Waals surface area contributed by atoms with Crippen molar-refractivity contribution < 1.29 is 9.53 Å². The van der Waals surface area contributed by atoms with Crippen LogP contribution in [0.15, 0.2) is 78.9 Å². The maximum atomic E-state index is 13.9. The van der Waals surface area contributed by atoms with E-state index < -0.39 is 0 Å². The monoisotopic (exact) mass is 493 g/mol. The van der Waals surface area contributed by atoms with Gasteiger partial charge in [0.15, 0.2) is 0 Å². The first-order valence-electron chi connectivity index (χ1n) is 13.1. The zero-order valence-corrected chi connectivity index (χ0v) is 22.2. The minimum absolute atomic E-state index is 0.0592. The Kier molecular flexibility index (Phi) is 6.88. The molecule has 1 aromatic heterocycles. The van der Waals surface area contributed by atoms with Gasteiger partial charge >= 0.3 is 0 Å². The van der Waals surface area contributed by atoms with Gasteiger partial charge in [0.2, 0.25) is 0 Å². The molecule has 0 unspecified atom stereocenters. The standard InChI is InChI=1S/C32H35N3O2/c1-5-37-30-13-9-8-12-29(30)34-18-20-35(21-19-34)31(36)26-22-28(33-27-11-7-6-10-25(26)27)23-14-16-24(17-15-23)32(2,3)4/h6-17,22H,5,18-21H2,1-4H3. The van der Waals surface area contributed by atoms with Gasteiger partial charge in [-0.25, -0.2) is 4.98 Å². The summed E-state index contributed by atoms with van der Waals surface area (Å²) >= 11 is 0. The Morgan fingerprint density at radius 3 is 2.27 bits per heavy atom. The van der Waals surface area contributed by atoms with Crippen LogP contribution in [0, 0.1) is 0 Å². The van der Waals surface area contributed by atoms with Gasteiger partial charge in [-0.05, 0) is 42.2 Å². The summed E-state index contributed by atoms with van der Waals surface area (Å²) < 4.78 is 5.83. The van der Waals surface area contributed by atoms with Gasteiger partial charge in [0.1, 0.15) is 5.75 Å². The molecule has 5 heteroatoms. The summed E-state index contributed by atoms with van der Waals surface area (Å²) in [4.78, 5) is 23.0. The quantitative estimate of drug-likeness (QED) is 0.316. The first-order valence-corrected chi connectivity index (χ1v) is 13.1. The van der Waals surface area contributed by atoms with E-state index in [4.69, 9.17) is 9.72 Å². The predicted octanol–water partition coefficient (Wildman–Crippen LogP) is 6.56. The Morgan fingerprint density at radius 1 is 0.892 bits per heavy atom. The molecule has 1 aliphatic rings. The summed E-state index contributed by atoms with van der Waals surface area (Å²) in [6.07, 6.45) is 0. The van der Waals surface area contributed by atoms with Gasteiger partial charge in [-0.15, -0.1) is 0 Å². The number of hydrogen-bond donors (Lipinski definition) is 0. The lowest BCUT2D eigenvalue weighted by Gasteiger charge is -2.37. The van der Waals surface area contributed by atoms with Crippen LogP contribution in [0.5, 0.6) is 5.75 Å². The number of anilines is 1. The van der Waals surface area contributed by atoms with Crippen LogP contribution in [0.4, 0.5) is 5.69 Å². The zero-order chi connectivity index (χ0) is 26.0. The smallest absolute Gasteiger partial charge is 0.254 e. The molecule has 1 aliphatic heterocycles. The van der Waals surface area contributed by atoms with Gasteiger partial charge in [-0.2, -0.15) is 0 Å². The van der Waals surface area contributed by atoms with E-state index in [1.165, 1.54) is 5.56 Å². The van der Waals surface area contributed by atoms with Crippen molar-refractivity contribution in [1.29, 1.82) is 0 Å². The summed E-state index contributed by atoms with van der Waals surface area (Å²) in [5, 5.41) is 0.895. The number of carbonyl (C=O) groups is 1. The van der Waals surface area contributed by atoms with Crippen molar-refractivity contribution in [3.8, 4) is 17.0 Å². The number of nitrogens with zero attached hydrogens (tertiary/aromatic N) is 3. The van der Waals surface area contributed by atoms with E-state index in [9.17, 15) is 4.79 Å². The number of rotatable bonds is 5. The lowest BCUT2D eigenvalue weighted by Crippen LogP contribution is -2.49. The van der Waals surface area contributed by atoms with Gasteiger partial charge in [-0.1, -0.05) is 75.4 Å². The highest BCUT2D eigenvalue weighted by Crippen LogP contribution is 2.31. The van der Waals surface area contributed by atoms with Crippen LogP contribution >= 0.6 is 0 Å². The Hall–Kier alpha value is -3.86. The van der Waals surface area contributed by atoms with Crippen molar-refractivity contribution in [3.63, 3.8) is 0 Å². The average Bonchev–Trinajstić information content (AvgIpc) is 2.92. The summed E-state index contributed by atoms with van der Waals surface area (Å²) in [6, 6.07) is 26.6. The van der Waals surface area contributed by atoms with Crippen molar-refractivity contribution in [2.45, 2.75) is 33.1 Å². The van der Waals surface area contributed by atoms with Gasteiger partial charge in [0.05, 0.1) is 29.1 Å². The normalized spacial score (nSPS) is 14.2. The molecule has 5 rings (SSSR count). The van der Waals surface area contributed by atoms with Crippen LogP contribution in [0.3, 0.4) is 0 Å². The lowest BCUT2D eigenvalue weighted by molar-refractivity contribution is 0.0748. The second-order valence-corrected chi connectivity index (χ2v) is 10.6. The van der Waals surface area contributed by atoms with Gasteiger partial charge in [0, 0.05) is 37.1 Å². The van der Waals surface area contributed by atoms with Gasteiger partial charge in [-0.3, -0.25) is 4.79 Å². The Morgan fingerprint density at radius 2 is 1.57 bits per heavy atom. The molecule has 1 fully saturated rings. The maximum absolute atomic E-state index is 13.9. The third-order valence-electron chi connectivity index (χ3n) is 7.07. The van der Waals surface area contributed by atoms with Crippen LogP contribution in [-0.4, -0.2) is 48.6 Å². The molecule has 0 radical (unpaired) electrons. The van der Waals surface area contributed by atoms with Gasteiger partial charge < -0.3 is 14.5 Å². The molecule has 0 aliphatic carbocycles. The molecule has 1 saturated heterocycles. The molecule has 0 saturated carbocycles.